The van der Waals surface area contributed by atoms with Crippen molar-refractivity contribution in [1.82, 2.24) is 0 Å². The Morgan fingerprint density at radius 2 is 1.55 bits per heavy atom. The van der Waals surface area contributed by atoms with E-state index in [4.69, 9.17) is 4.89 Å². The Morgan fingerprint density at radius 3 is 1.82 bits per heavy atom. The van der Waals surface area contributed by atoms with Crippen molar-refractivity contribution >= 4 is 7.37 Å². The fourth-order valence-corrected chi connectivity index (χ4v) is 1.51. The Kier molecular flexibility index (Phi) is 5.67. The lowest BCUT2D eigenvalue weighted by Gasteiger charge is -2.08. The molecule has 0 aromatic carbocycles. The van der Waals surface area contributed by atoms with Crippen LogP contribution in [0.15, 0.2) is 0 Å². The first kappa shape index (κ1) is 11.0. The molecule has 0 rings (SSSR count). The highest BCUT2D eigenvalue weighted by atomic mass is 31.2. The van der Waals surface area contributed by atoms with Crippen molar-refractivity contribution in [3.05, 3.63) is 0 Å². The summed E-state index contributed by atoms with van der Waals surface area (Å²) in [5, 5.41) is 0. The Labute approximate surface area is 64.8 Å². The summed E-state index contributed by atoms with van der Waals surface area (Å²) in [6.07, 6.45) is 0.0692. The molecule has 0 heterocycles. The first-order valence-corrected chi connectivity index (χ1v) is 5.09. The number of hydrogen-bond donors (Lipinski definition) is 3. The predicted octanol–water partition coefficient (Wildman–Crippen LogP) is -0.963. The maximum Gasteiger partial charge on any atom is 0.205 e. The van der Waals surface area contributed by atoms with Crippen molar-refractivity contribution in [2.45, 2.75) is 0 Å². The van der Waals surface area contributed by atoms with Gasteiger partial charge in [0, 0.05) is 0 Å². The van der Waals surface area contributed by atoms with Crippen LogP contribution in [0.5, 0.6) is 0 Å². The molecule has 5 N–H and O–H groups in total. The van der Waals surface area contributed by atoms with Gasteiger partial charge in [0.25, 0.3) is 0 Å². The van der Waals surface area contributed by atoms with Crippen LogP contribution < -0.4 is 11.8 Å². The first-order chi connectivity index (χ1) is 5.12. The quantitative estimate of drug-likeness (QED) is 0.362. The van der Waals surface area contributed by atoms with Crippen molar-refractivity contribution in [1.29, 1.82) is 0 Å². The molecule has 0 radical (unpaired) electrons. The summed E-state index contributed by atoms with van der Waals surface area (Å²) in [7, 11) is -3.14. The lowest BCUT2D eigenvalue weighted by atomic mass is 10.9. The molecule has 0 saturated carbocycles. The van der Waals surface area contributed by atoms with Crippen LogP contribution in [0.2, 0.25) is 0 Å². The SMILES string of the molecule is NOCCP(=O)(O)CCON. The van der Waals surface area contributed by atoms with Gasteiger partial charge in [-0.05, 0) is 0 Å². The lowest BCUT2D eigenvalue weighted by molar-refractivity contribution is 0.146. The monoisotopic (exact) mass is 184 g/mol. The topological polar surface area (TPSA) is 108 Å². The molecule has 0 bridgehead atoms. The molecule has 0 aliphatic rings. The molecule has 0 aromatic heterocycles. The average Bonchev–Trinajstić information content (AvgIpc) is 1.97. The Balaban J connectivity index is 3.53. The Hall–Kier alpha value is 0.0300. The summed E-state index contributed by atoms with van der Waals surface area (Å²) in [5.74, 6) is 9.35. The van der Waals surface area contributed by atoms with Crippen LogP contribution in [0.25, 0.3) is 0 Å². The second-order valence-electron chi connectivity index (χ2n) is 2.04. The number of nitrogens with two attached hydrogens (primary N) is 2. The molecule has 0 unspecified atom stereocenters. The summed E-state index contributed by atoms with van der Waals surface area (Å²) in [6, 6.07) is 0. The fraction of sp³-hybridized carbons (Fsp3) is 1.00. The maximum atomic E-state index is 11.0. The molecule has 0 saturated heterocycles. The fourth-order valence-electron chi connectivity index (χ4n) is 0.502. The van der Waals surface area contributed by atoms with E-state index in [-0.39, 0.29) is 25.5 Å². The van der Waals surface area contributed by atoms with E-state index in [2.05, 4.69) is 21.5 Å². The van der Waals surface area contributed by atoms with Gasteiger partial charge in [-0.1, -0.05) is 0 Å². The average molecular weight is 184 g/mol. The van der Waals surface area contributed by atoms with Gasteiger partial charge < -0.3 is 14.6 Å². The Bertz CT molecular complexity index is 130. The molecule has 7 heteroatoms. The van der Waals surface area contributed by atoms with Gasteiger partial charge in [0.2, 0.25) is 7.37 Å². The lowest BCUT2D eigenvalue weighted by Crippen LogP contribution is -2.11. The van der Waals surface area contributed by atoms with E-state index in [0.717, 1.165) is 0 Å². The standard InChI is InChI=1S/C4H13N2O4P/c5-9-1-3-11(7,8)4-2-10-6/h1-6H2,(H,7,8). The third-order valence-corrected chi connectivity index (χ3v) is 2.88. The van der Waals surface area contributed by atoms with Gasteiger partial charge in [-0.3, -0.25) is 4.57 Å². The third kappa shape index (κ3) is 6.43. The van der Waals surface area contributed by atoms with Gasteiger partial charge in [0.15, 0.2) is 0 Å². The third-order valence-electron chi connectivity index (χ3n) is 1.12. The molecule has 6 nitrogen and oxygen atoms in total. The van der Waals surface area contributed by atoms with Gasteiger partial charge in [-0.2, -0.15) is 0 Å². The van der Waals surface area contributed by atoms with Crippen molar-refractivity contribution in [2.24, 2.45) is 11.8 Å². The molecule has 0 aromatic rings. The van der Waals surface area contributed by atoms with E-state index in [1.54, 1.807) is 0 Å². The van der Waals surface area contributed by atoms with Crippen molar-refractivity contribution in [3.63, 3.8) is 0 Å². The van der Waals surface area contributed by atoms with Crippen LogP contribution >= 0.6 is 7.37 Å². The largest absolute Gasteiger partial charge is 0.344 e. The second-order valence-corrected chi connectivity index (χ2v) is 4.62. The first-order valence-electron chi connectivity index (χ1n) is 3.06. The minimum absolute atomic E-state index is 0.0346. The zero-order chi connectivity index (χ0) is 8.74. The van der Waals surface area contributed by atoms with Crippen molar-refractivity contribution < 1.29 is 19.1 Å². The molecule has 0 fully saturated rings. The number of hydrogen-bond acceptors (Lipinski definition) is 5. The molecule has 0 atom stereocenters. The molecule has 0 amide bonds. The van der Waals surface area contributed by atoms with Gasteiger partial charge in [0.1, 0.15) is 0 Å². The van der Waals surface area contributed by atoms with Gasteiger partial charge in [0.05, 0.1) is 25.5 Å². The summed E-state index contributed by atoms with van der Waals surface area (Å²) in [4.78, 5) is 17.4. The van der Waals surface area contributed by atoms with Crippen LogP contribution in [0.3, 0.4) is 0 Å². The van der Waals surface area contributed by atoms with Crippen molar-refractivity contribution in [2.75, 3.05) is 25.5 Å². The summed E-state index contributed by atoms with van der Waals surface area (Å²) < 4.78 is 11.0. The highest BCUT2D eigenvalue weighted by molar-refractivity contribution is 7.58. The second kappa shape index (κ2) is 5.65. The minimum atomic E-state index is -3.14. The normalized spacial score (nSPS) is 11.9. The molecule has 0 aliphatic carbocycles. The van der Waals surface area contributed by atoms with Crippen molar-refractivity contribution in [3.8, 4) is 0 Å². The molecular weight excluding hydrogens is 171 g/mol. The van der Waals surface area contributed by atoms with Crippen LogP contribution in [0, 0.1) is 0 Å². The zero-order valence-corrected chi connectivity index (χ0v) is 7.00. The van der Waals surface area contributed by atoms with E-state index in [9.17, 15) is 4.57 Å². The highest BCUT2D eigenvalue weighted by Gasteiger charge is 2.16. The summed E-state index contributed by atoms with van der Waals surface area (Å²) in [5.41, 5.74) is 0. The van der Waals surface area contributed by atoms with E-state index in [1.165, 1.54) is 0 Å². The van der Waals surface area contributed by atoms with Crippen LogP contribution in [0.4, 0.5) is 0 Å². The minimum Gasteiger partial charge on any atom is -0.344 e. The van der Waals surface area contributed by atoms with Gasteiger partial charge >= 0.3 is 0 Å². The smallest absolute Gasteiger partial charge is 0.205 e. The van der Waals surface area contributed by atoms with E-state index in [0.29, 0.717) is 0 Å². The highest BCUT2D eigenvalue weighted by Crippen LogP contribution is 2.38. The van der Waals surface area contributed by atoms with Crippen LogP contribution in [-0.4, -0.2) is 30.4 Å². The number of rotatable bonds is 6. The molecular formula is C4H13N2O4P. The van der Waals surface area contributed by atoms with Gasteiger partial charge in [-0.15, -0.1) is 0 Å². The summed E-state index contributed by atoms with van der Waals surface area (Å²) >= 11 is 0. The maximum absolute atomic E-state index is 11.0. The van der Waals surface area contributed by atoms with Crippen LogP contribution in [0.1, 0.15) is 0 Å². The van der Waals surface area contributed by atoms with Gasteiger partial charge in [-0.25, -0.2) is 11.8 Å². The van der Waals surface area contributed by atoms with E-state index >= 15 is 0 Å². The zero-order valence-electron chi connectivity index (χ0n) is 6.10. The predicted molar refractivity (Wildman–Crippen MR) is 39.8 cm³/mol. The molecule has 0 aliphatic heterocycles. The van der Waals surface area contributed by atoms with E-state index in [1.807, 2.05) is 0 Å². The molecule has 0 spiro atoms. The molecule has 68 valence electrons. The van der Waals surface area contributed by atoms with Crippen LogP contribution in [-0.2, 0) is 14.2 Å². The Morgan fingerprint density at radius 1 is 1.18 bits per heavy atom. The summed E-state index contributed by atoms with van der Waals surface area (Å²) in [6.45, 7) is 0.136. The van der Waals surface area contributed by atoms with E-state index < -0.39 is 7.37 Å². The molecule has 11 heavy (non-hydrogen) atoms.